The molecular formula is C13H13NO2S. The second-order valence-electron chi connectivity index (χ2n) is 4.19. The normalized spacial score (nSPS) is 22.9. The standard InChI is InChI=1S/C13H13NO2S/c1-8-14-10(7-17-8)13-6-11(15)9-4-2-3-5-12(9)16-13/h2-5,7,11,13,15H,6H2,1H3/t11-,13?/m1/s1. The van der Waals surface area contributed by atoms with E-state index in [0.717, 1.165) is 22.0 Å². The number of ether oxygens (including phenoxy) is 1. The lowest BCUT2D eigenvalue weighted by atomic mass is 9.98. The Balaban J connectivity index is 1.93. The fraction of sp³-hybridized carbons (Fsp3) is 0.308. The van der Waals surface area contributed by atoms with Crippen LogP contribution in [0.5, 0.6) is 5.75 Å². The van der Waals surface area contributed by atoms with Crippen LogP contribution in [0.15, 0.2) is 29.6 Å². The highest BCUT2D eigenvalue weighted by atomic mass is 32.1. The van der Waals surface area contributed by atoms with E-state index in [9.17, 15) is 5.11 Å². The largest absolute Gasteiger partial charge is 0.484 e. The van der Waals surface area contributed by atoms with E-state index < -0.39 is 6.10 Å². The first-order valence-corrected chi connectivity index (χ1v) is 6.47. The summed E-state index contributed by atoms with van der Waals surface area (Å²) >= 11 is 1.61. The van der Waals surface area contributed by atoms with Crippen LogP contribution in [0.25, 0.3) is 0 Å². The van der Waals surface area contributed by atoms with Crippen LogP contribution < -0.4 is 4.74 Å². The van der Waals surface area contributed by atoms with E-state index in [0.29, 0.717) is 6.42 Å². The highest BCUT2D eigenvalue weighted by Gasteiger charge is 2.28. The Labute approximate surface area is 104 Å². The topological polar surface area (TPSA) is 42.4 Å². The fourth-order valence-electron chi connectivity index (χ4n) is 2.10. The van der Waals surface area contributed by atoms with Crippen molar-refractivity contribution in [2.45, 2.75) is 25.6 Å². The van der Waals surface area contributed by atoms with Gasteiger partial charge in [0.2, 0.25) is 0 Å². The lowest BCUT2D eigenvalue weighted by molar-refractivity contribution is 0.0639. The first-order chi connectivity index (χ1) is 8.24. The van der Waals surface area contributed by atoms with Crippen LogP contribution in [-0.2, 0) is 0 Å². The Morgan fingerprint density at radius 1 is 1.41 bits per heavy atom. The molecule has 1 aliphatic rings. The van der Waals surface area contributed by atoms with Crippen molar-refractivity contribution >= 4 is 11.3 Å². The number of nitrogens with zero attached hydrogens (tertiary/aromatic N) is 1. The van der Waals surface area contributed by atoms with Gasteiger partial charge < -0.3 is 9.84 Å². The smallest absolute Gasteiger partial charge is 0.144 e. The summed E-state index contributed by atoms with van der Waals surface area (Å²) in [7, 11) is 0. The van der Waals surface area contributed by atoms with Crippen LogP contribution in [0, 0.1) is 6.92 Å². The number of thiazole rings is 1. The van der Waals surface area contributed by atoms with Crippen LogP contribution >= 0.6 is 11.3 Å². The summed E-state index contributed by atoms with van der Waals surface area (Å²) < 4.78 is 5.89. The van der Waals surface area contributed by atoms with Gasteiger partial charge in [-0.3, -0.25) is 0 Å². The van der Waals surface area contributed by atoms with E-state index >= 15 is 0 Å². The van der Waals surface area contributed by atoms with Crippen molar-refractivity contribution in [3.63, 3.8) is 0 Å². The number of rotatable bonds is 1. The number of hydrogen-bond acceptors (Lipinski definition) is 4. The summed E-state index contributed by atoms with van der Waals surface area (Å²) in [5.74, 6) is 0.766. The second kappa shape index (κ2) is 4.13. The molecule has 0 saturated carbocycles. The number of aromatic nitrogens is 1. The highest BCUT2D eigenvalue weighted by molar-refractivity contribution is 7.09. The lowest BCUT2D eigenvalue weighted by Gasteiger charge is -2.28. The Kier molecular flexibility index (Phi) is 2.61. The van der Waals surface area contributed by atoms with Gasteiger partial charge in [-0.05, 0) is 13.0 Å². The molecular weight excluding hydrogens is 234 g/mol. The SMILES string of the molecule is Cc1nc(C2C[C@@H](O)c3ccccc3O2)cs1. The molecule has 1 unspecified atom stereocenters. The zero-order valence-corrected chi connectivity index (χ0v) is 10.3. The van der Waals surface area contributed by atoms with E-state index in [4.69, 9.17) is 4.74 Å². The molecule has 0 radical (unpaired) electrons. The van der Waals surface area contributed by atoms with Crippen molar-refractivity contribution in [2.75, 3.05) is 0 Å². The van der Waals surface area contributed by atoms with Crippen LogP contribution in [-0.4, -0.2) is 10.1 Å². The Morgan fingerprint density at radius 3 is 3.00 bits per heavy atom. The molecule has 0 fully saturated rings. The predicted molar refractivity (Wildman–Crippen MR) is 66.2 cm³/mol. The van der Waals surface area contributed by atoms with Crippen LogP contribution in [0.3, 0.4) is 0 Å². The Bertz CT molecular complexity index is 538. The molecule has 1 N–H and O–H groups in total. The molecule has 88 valence electrons. The van der Waals surface area contributed by atoms with E-state index in [1.54, 1.807) is 11.3 Å². The van der Waals surface area contributed by atoms with Gasteiger partial charge in [0.1, 0.15) is 11.9 Å². The lowest BCUT2D eigenvalue weighted by Crippen LogP contribution is -2.19. The molecule has 2 atom stereocenters. The molecule has 1 aromatic heterocycles. The second-order valence-corrected chi connectivity index (χ2v) is 5.25. The van der Waals surface area contributed by atoms with Crippen LogP contribution in [0.2, 0.25) is 0 Å². The van der Waals surface area contributed by atoms with Crippen molar-refractivity contribution in [3.05, 3.63) is 45.9 Å². The fourth-order valence-corrected chi connectivity index (χ4v) is 2.76. The molecule has 2 heterocycles. The third kappa shape index (κ3) is 1.94. The molecule has 1 aromatic carbocycles. The summed E-state index contributed by atoms with van der Waals surface area (Å²) in [5, 5.41) is 13.1. The monoisotopic (exact) mass is 247 g/mol. The molecule has 3 nitrogen and oxygen atoms in total. The minimum atomic E-state index is -0.466. The third-order valence-corrected chi connectivity index (χ3v) is 3.74. The van der Waals surface area contributed by atoms with Gasteiger partial charge in [-0.2, -0.15) is 0 Å². The summed E-state index contributed by atoms with van der Waals surface area (Å²) in [6.07, 6.45) is -0.0305. The third-order valence-electron chi connectivity index (χ3n) is 2.95. The number of hydrogen-bond donors (Lipinski definition) is 1. The van der Waals surface area contributed by atoms with E-state index in [1.165, 1.54) is 0 Å². The number of fused-ring (bicyclic) bond motifs is 1. The zero-order valence-electron chi connectivity index (χ0n) is 9.46. The maximum atomic E-state index is 10.1. The number of benzene rings is 1. The van der Waals surface area contributed by atoms with Crippen molar-refractivity contribution in [3.8, 4) is 5.75 Å². The first kappa shape index (κ1) is 10.7. The summed E-state index contributed by atoms with van der Waals surface area (Å²) in [4.78, 5) is 4.42. The minimum Gasteiger partial charge on any atom is -0.484 e. The average molecular weight is 247 g/mol. The molecule has 0 amide bonds. The van der Waals surface area contributed by atoms with Gasteiger partial charge in [-0.1, -0.05) is 18.2 Å². The summed E-state index contributed by atoms with van der Waals surface area (Å²) in [5.41, 5.74) is 1.79. The van der Waals surface area contributed by atoms with E-state index in [1.807, 2.05) is 36.6 Å². The number of aliphatic hydroxyl groups excluding tert-OH is 1. The van der Waals surface area contributed by atoms with Crippen molar-refractivity contribution in [1.82, 2.24) is 4.98 Å². The molecule has 2 aromatic rings. The molecule has 0 saturated heterocycles. The first-order valence-electron chi connectivity index (χ1n) is 5.59. The number of aliphatic hydroxyl groups is 1. The van der Waals surface area contributed by atoms with Gasteiger partial charge in [0, 0.05) is 17.4 Å². The molecule has 3 rings (SSSR count). The number of para-hydroxylation sites is 1. The van der Waals surface area contributed by atoms with Crippen molar-refractivity contribution < 1.29 is 9.84 Å². The zero-order chi connectivity index (χ0) is 11.8. The average Bonchev–Trinajstić information content (AvgIpc) is 2.76. The van der Waals surface area contributed by atoms with Crippen molar-refractivity contribution in [1.29, 1.82) is 0 Å². The molecule has 0 aliphatic carbocycles. The molecule has 1 aliphatic heterocycles. The molecule has 17 heavy (non-hydrogen) atoms. The Morgan fingerprint density at radius 2 is 2.24 bits per heavy atom. The van der Waals surface area contributed by atoms with Gasteiger partial charge in [-0.25, -0.2) is 4.98 Å². The van der Waals surface area contributed by atoms with E-state index in [2.05, 4.69) is 4.98 Å². The highest BCUT2D eigenvalue weighted by Crippen LogP contribution is 2.40. The van der Waals surface area contributed by atoms with Gasteiger partial charge in [0.15, 0.2) is 0 Å². The quantitative estimate of drug-likeness (QED) is 0.842. The van der Waals surface area contributed by atoms with Gasteiger partial charge >= 0.3 is 0 Å². The van der Waals surface area contributed by atoms with Crippen molar-refractivity contribution in [2.24, 2.45) is 0 Å². The maximum Gasteiger partial charge on any atom is 0.144 e. The number of aryl methyl sites for hydroxylation is 1. The summed E-state index contributed by atoms with van der Waals surface area (Å²) in [6, 6.07) is 7.63. The van der Waals surface area contributed by atoms with Gasteiger partial charge in [-0.15, -0.1) is 11.3 Å². The predicted octanol–water partition coefficient (Wildman–Crippen LogP) is 3.01. The molecule has 0 bridgehead atoms. The Hall–Kier alpha value is -1.39. The van der Waals surface area contributed by atoms with Crippen LogP contribution in [0.4, 0.5) is 0 Å². The summed E-state index contributed by atoms with van der Waals surface area (Å²) in [6.45, 7) is 1.97. The van der Waals surface area contributed by atoms with Crippen LogP contribution in [0.1, 0.15) is 34.9 Å². The minimum absolute atomic E-state index is 0.134. The van der Waals surface area contributed by atoms with Gasteiger partial charge in [0.25, 0.3) is 0 Å². The van der Waals surface area contributed by atoms with E-state index in [-0.39, 0.29) is 6.10 Å². The molecule has 4 heteroatoms. The molecule has 0 spiro atoms. The maximum absolute atomic E-state index is 10.1. The van der Waals surface area contributed by atoms with Gasteiger partial charge in [0.05, 0.1) is 16.8 Å².